The van der Waals surface area contributed by atoms with Crippen LogP contribution in [0.25, 0.3) is 0 Å². The third-order valence-electron chi connectivity index (χ3n) is 3.04. The van der Waals surface area contributed by atoms with Gasteiger partial charge < -0.3 is 14.5 Å². The van der Waals surface area contributed by atoms with Crippen molar-refractivity contribution in [1.29, 1.82) is 0 Å². The van der Waals surface area contributed by atoms with Crippen LogP contribution in [0.3, 0.4) is 0 Å². The summed E-state index contributed by atoms with van der Waals surface area (Å²) in [5.74, 6) is 1.97. The SMILES string of the molecule is CNC(CCC(C)(C)OC)c1ccc(C)o1. The van der Waals surface area contributed by atoms with Crippen LogP contribution in [0.1, 0.15) is 44.3 Å². The number of methoxy groups -OCH3 is 1. The van der Waals surface area contributed by atoms with Crippen LogP contribution in [-0.4, -0.2) is 19.8 Å². The summed E-state index contributed by atoms with van der Waals surface area (Å²) in [5, 5.41) is 3.28. The van der Waals surface area contributed by atoms with Crippen molar-refractivity contribution >= 4 is 0 Å². The van der Waals surface area contributed by atoms with E-state index in [-0.39, 0.29) is 11.6 Å². The highest BCUT2D eigenvalue weighted by Gasteiger charge is 2.20. The van der Waals surface area contributed by atoms with E-state index in [0.29, 0.717) is 0 Å². The normalized spacial score (nSPS) is 14.1. The maximum Gasteiger partial charge on any atom is 0.121 e. The number of hydrogen-bond donors (Lipinski definition) is 1. The predicted molar refractivity (Wildman–Crippen MR) is 65.6 cm³/mol. The van der Waals surface area contributed by atoms with Gasteiger partial charge in [-0.1, -0.05) is 0 Å². The van der Waals surface area contributed by atoms with Gasteiger partial charge in [0, 0.05) is 7.11 Å². The Morgan fingerprint density at radius 1 is 1.44 bits per heavy atom. The van der Waals surface area contributed by atoms with Crippen LogP contribution in [-0.2, 0) is 4.74 Å². The first-order chi connectivity index (χ1) is 7.48. The molecule has 0 amide bonds. The van der Waals surface area contributed by atoms with Crippen molar-refractivity contribution in [3.8, 4) is 0 Å². The Hall–Kier alpha value is -0.800. The van der Waals surface area contributed by atoms with Gasteiger partial charge in [-0.25, -0.2) is 0 Å². The topological polar surface area (TPSA) is 34.4 Å². The Morgan fingerprint density at radius 3 is 2.56 bits per heavy atom. The molecule has 0 spiro atoms. The minimum atomic E-state index is -0.0727. The highest BCUT2D eigenvalue weighted by Crippen LogP contribution is 2.25. The van der Waals surface area contributed by atoms with E-state index in [2.05, 4.69) is 19.2 Å². The van der Waals surface area contributed by atoms with Gasteiger partial charge in [0.1, 0.15) is 11.5 Å². The maximum atomic E-state index is 5.63. The van der Waals surface area contributed by atoms with Crippen LogP contribution in [0.4, 0.5) is 0 Å². The largest absolute Gasteiger partial charge is 0.465 e. The molecule has 3 heteroatoms. The summed E-state index contributed by atoms with van der Waals surface area (Å²) in [7, 11) is 3.72. The van der Waals surface area contributed by atoms with Crippen molar-refractivity contribution in [2.75, 3.05) is 14.2 Å². The molecule has 0 aliphatic rings. The minimum Gasteiger partial charge on any atom is -0.465 e. The molecule has 1 heterocycles. The molecule has 0 aliphatic heterocycles. The fourth-order valence-corrected chi connectivity index (χ4v) is 1.66. The third-order valence-corrected chi connectivity index (χ3v) is 3.04. The Bertz CT molecular complexity index is 317. The number of hydrogen-bond acceptors (Lipinski definition) is 3. The summed E-state index contributed by atoms with van der Waals surface area (Å²) in [5.41, 5.74) is -0.0727. The molecular formula is C13H23NO2. The van der Waals surface area contributed by atoms with Crippen LogP contribution in [0, 0.1) is 6.92 Å². The number of rotatable bonds is 6. The lowest BCUT2D eigenvalue weighted by molar-refractivity contribution is 0.0114. The fourth-order valence-electron chi connectivity index (χ4n) is 1.66. The average molecular weight is 225 g/mol. The lowest BCUT2D eigenvalue weighted by Gasteiger charge is -2.25. The molecule has 3 nitrogen and oxygen atoms in total. The van der Waals surface area contributed by atoms with Crippen molar-refractivity contribution in [3.63, 3.8) is 0 Å². The first-order valence-electron chi connectivity index (χ1n) is 5.77. The van der Waals surface area contributed by atoms with E-state index in [1.165, 1.54) is 0 Å². The molecule has 92 valence electrons. The Labute approximate surface area is 98.2 Å². The summed E-state index contributed by atoms with van der Waals surface area (Å²) < 4.78 is 11.0. The Kier molecular flexibility index (Phi) is 4.56. The van der Waals surface area contributed by atoms with Crippen molar-refractivity contribution in [2.24, 2.45) is 0 Å². The average Bonchev–Trinajstić information content (AvgIpc) is 2.66. The molecule has 1 unspecified atom stereocenters. The molecule has 1 N–H and O–H groups in total. The second kappa shape index (κ2) is 5.51. The maximum absolute atomic E-state index is 5.63. The summed E-state index contributed by atoms with van der Waals surface area (Å²) in [6.45, 7) is 6.18. The van der Waals surface area contributed by atoms with Gasteiger partial charge in [-0.3, -0.25) is 0 Å². The van der Waals surface area contributed by atoms with E-state index in [1.807, 2.05) is 26.1 Å². The second-order valence-corrected chi connectivity index (χ2v) is 4.79. The summed E-state index contributed by atoms with van der Waals surface area (Å²) in [6, 6.07) is 4.31. The van der Waals surface area contributed by atoms with Crippen LogP contribution in [0.2, 0.25) is 0 Å². The fraction of sp³-hybridized carbons (Fsp3) is 0.692. The quantitative estimate of drug-likeness (QED) is 0.808. The molecule has 16 heavy (non-hydrogen) atoms. The molecule has 0 saturated heterocycles. The van der Waals surface area contributed by atoms with Crippen LogP contribution >= 0.6 is 0 Å². The predicted octanol–water partition coefficient (Wildman–Crippen LogP) is 3.05. The zero-order chi connectivity index (χ0) is 12.2. The second-order valence-electron chi connectivity index (χ2n) is 4.79. The van der Waals surface area contributed by atoms with Gasteiger partial charge in [0.25, 0.3) is 0 Å². The number of nitrogens with one attached hydrogen (secondary N) is 1. The van der Waals surface area contributed by atoms with Gasteiger partial charge in [-0.2, -0.15) is 0 Å². The lowest BCUT2D eigenvalue weighted by Crippen LogP contribution is -2.25. The molecule has 0 saturated carbocycles. The van der Waals surface area contributed by atoms with Crippen molar-refractivity contribution in [1.82, 2.24) is 5.32 Å². The van der Waals surface area contributed by atoms with E-state index in [4.69, 9.17) is 9.15 Å². The van der Waals surface area contributed by atoms with Crippen molar-refractivity contribution in [2.45, 2.75) is 45.3 Å². The van der Waals surface area contributed by atoms with E-state index >= 15 is 0 Å². The lowest BCUT2D eigenvalue weighted by atomic mass is 9.98. The van der Waals surface area contributed by atoms with Crippen LogP contribution in [0.15, 0.2) is 16.5 Å². The van der Waals surface area contributed by atoms with Gasteiger partial charge in [0.15, 0.2) is 0 Å². The minimum absolute atomic E-state index is 0.0727. The highest BCUT2D eigenvalue weighted by atomic mass is 16.5. The molecular weight excluding hydrogens is 202 g/mol. The monoisotopic (exact) mass is 225 g/mol. The molecule has 1 rings (SSSR count). The van der Waals surface area contributed by atoms with Gasteiger partial charge in [0.05, 0.1) is 11.6 Å². The molecule has 0 aliphatic carbocycles. The number of furan rings is 1. The van der Waals surface area contributed by atoms with Gasteiger partial charge in [-0.15, -0.1) is 0 Å². The summed E-state index contributed by atoms with van der Waals surface area (Å²) in [6.07, 6.45) is 2.00. The summed E-state index contributed by atoms with van der Waals surface area (Å²) >= 11 is 0. The number of ether oxygens (including phenoxy) is 1. The van der Waals surface area contributed by atoms with Gasteiger partial charge in [-0.05, 0) is 52.8 Å². The van der Waals surface area contributed by atoms with Gasteiger partial charge in [0.2, 0.25) is 0 Å². The number of aryl methyl sites for hydroxylation is 1. The molecule has 0 radical (unpaired) electrons. The first kappa shape index (κ1) is 13.3. The van der Waals surface area contributed by atoms with Crippen molar-refractivity contribution in [3.05, 3.63) is 23.7 Å². The molecule has 1 aromatic rings. The molecule has 0 fully saturated rings. The molecule has 1 aromatic heterocycles. The molecule has 0 bridgehead atoms. The first-order valence-corrected chi connectivity index (χ1v) is 5.77. The van der Waals surface area contributed by atoms with E-state index in [0.717, 1.165) is 24.4 Å². The van der Waals surface area contributed by atoms with E-state index in [1.54, 1.807) is 7.11 Å². The Morgan fingerprint density at radius 2 is 2.12 bits per heavy atom. The highest BCUT2D eigenvalue weighted by molar-refractivity contribution is 5.09. The molecule has 0 aromatic carbocycles. The molecule has 1 atom stereocenters. The zero-order valence-electron chi connectivity index (χ0n) is 11.0. The standard InChI is InChI=1S/C13H23NO2/c1-10-6-7-12(16-10)11(14-4)8-9-13(2,3)15-5/h6-7,11,14H,8-9H2,1-5H3. The van der Waals surface area contributed by atoms with E-state index < -0.39 is 0 Å². The van der Waals surface area contributed by atoms with Gasteiger partial charge >= 0.3 is 0 Å². The van der Waals surface area contributed by atoms with E-state index in [9.17, 15) is 0 Å². The van der Waals surface area contributed by atoms with Crippen molar-refractivity contribution < 1.29 is 9.15 Å². The Balaban J connectivity index is 2.56. The van der Waals surface area contributed by atoms with Crippen LogP contribution < -0.4 is 5.32 Å². The van der Waals surface area contributed by atoms with Crippen LogP contribution in [0.5, 0.6) is 0 Å². The zero-order valence-corrected chi connectivity index (χ0v) is 11.0. The smallest absolute Gasteiger partial charge is 0.121 e. The third kappa shape index (κ3) is 3.65. The summed E-state index contributed by atoms with van der Waals surface area (Å²) in [4.78, 5) is 0.